The zero-order valence-corrected chi connectivity index (χ0v) is 27.2. The highest BCUT2D eigenvalue weighted by Gasteiger charge is 2.36. The molecule has 3 aromatic carbocycles. The number of rotatable bonds is 9. The van der Waals surface area contributed by atoms with E-state index in [1.165, 1.54) is 56.8 Å². The van der Waals surface area contributed by atoms with Crippen LogP contribution in [0.5, 0.6) is 11.5 Å². The van der Waals surface area contributed by atoms with Gasteiger partial charge in [-0.1, -0.05) is 49.1 Å². The van der Waals surface area contributed by atoms with Crippen LogP contribution in [0.2, 0.25) is 0 Å². The molecule has 2 aliphatic rings. The van der Waals surface area contributed by atoms with Gasteiger partial charge in [0.2, 0.25) is 0 Å². The molecular formula is C33H34F3N7O4S. The van der Waals surface area contributed by atoms with Crippen LogP contribution in [0.1, 0.15) is 56.1 Å². The number of nitrogens with one attached hydrogen (secondary N) is 2. The van der Waals surface area contributed by atoms with Crippen molar-refractivity contribution in [2.24, 2.45) is 0 Å². The Hall–Kier alpha value is -4.76. The lowest BCUT2D eigenvalue weighted by molar-refractivity contribution is -0.274. The molecule has 2 atom stereocenters. The van der Waals surface area contributed by atoms with Crippen LogP contribution >= 0.6 is 11.9 Å². The van der Waals surface area contributed by atoms with Gasteiger partial charge in [0, 0.05) is 17.5 Å². The van der Waals surface area contributed by atoms with Gasteiger partial charge in [-0.25, -0.2) is 24.9 Å². The number of methoxy groups -OCH3 is 1. The molecule has 3 amide bonds. The number of aromatic nitrogens is 3. The molecule has 11 nitrogen and oxygen atoms in total. The Labute approximate surface area is 279 Å². The van der Waals surface area contributed by atoms with Gasteiger partial charge in [-0.3, -0.25) is 4.79 Å². The number of amides is 3. The van der Waals surface area contributed by atoms with Gasteiger partial charge in [0.15, 0.2) is 5.82 Å². The number of alkyl halides is 3. The zero-order valence-electron chi connectivity index (χ0n) is 26.4. The van der Waals surface area contributed by atoms with Crippen molar-refractivity contribution in [2.45, 2.75) is 57.3 Å². The monoisotopic (exact) mass is 681 g/mol. The SMILES string of the molecule is COc1ccc(N2C(=O)CSN2NC(=O)NC2CCCC2c2ccc(-c3ncn(-c4ccc(OC(F)(F)F)cc4)n3)cc2)c(C(C)C)c1. The summed E-state index contributed by atoms with van der Waals surface area (Å²) in [7, 11) is 1.60. The molecule has 0 radical (unpaired) electrons. The van der Waals surface area contributed by atoms with Gasteiger partial charge in [0.1, 0.15) is 17.8 Å². The van der Waals surface area contributed by atoms with Crippen LogP contribution in [-0.4, -0.2) is 56.5 Å². The van der Waals surface area contributed by atoms with E-state index >= 15 is 0 Å². The lowest BCUT2D eigenvalue weighted by Gasteiger charge is -2.30. The minimum Gasteiger partial charge on any atom is -0.497 e. The quantitative estimate of drug-likeness (QED) is 0.187. The molecule has 6 rings (SSSR count). The number of hydrazine groups is 2. The molecule has 2 unspecified atom stereocenters. The van der Waals surface area contributed by atoms with Crippen LogP contribution in [0.25, 0.3) is 17.1 Å². The fourth-order valence-electron chi connectivity index (χ4n) is 5.98. The molecule has 4 aromatic rings. The second-order valence-electron chi connectivity index (χ2n) is 11.7. The van der Waals surface area contributed by atoms with E-state index in [4.69, 9.17) is 4.74 Å². The summed E-state index contributed by atoms with van der Waals surface area (Å²) in [5, 5.41) is 9.09. The van der Waals surface area contributed by atoms with Crippen LogP contribution < -0.4 is 25.2 Å². The van der Waals surface area contributed by atoms with Gasteiger partial charge in [-0.05, 0) is 84.3 Å². The third kappa shape index (κ3) is 7.36. The molecule has 2 heterocycles. The van der Waals surface area contributed by atoms with Crippen LogP contribution in [0.4, 0.5) is 23.7 Å². The van der Waals surface area contributed by atoms with E-state index in [0.29, 0.717) is 22.9 Å². The average Bonchev–Trinajstić information content (AvgIpc) is 3.81. The number of halogens is 3. The predicted octanol–water partition coefficient (Wildman–Crippen LogP) is 6.73. The Morgan fingerprint density at radius 2 is 1.75 bits per heavy atom. The van der Waals surface area contributed by atoms with E-state index in [1.807, 2.05) is 50.2 Å². The molecule has 1 saturated carbocycles. The fraction of sp³-hybridized carbons (Fsp3) is 0.333. The average molecular weight is 682 g/mol. The van der Waals surface area contributed by atoms with E-state index in [0.717, 1.165) is 36.0 Å². The van der Waals surface area contributed by atoms with Crippen LogP contribution in [0.15, 0.2) is 73.1 Å². The number of carbonyl (C=O) groups excluding carboxylic acids is 2. The number of carbonyl (C=O) groups is 2. The maximum absolute atomic E-state index is 13.3. The van der Waals surface area contributed by atoms with Crippen molar-refractivity contribution in [3.63, 3.8) is 0 Å². The molecule has 1 saturated heterocycles. The first-order valence-electron chi connectivity index (χ1n) is 15.4. The van der Waals surface area contributed by atoms with Crippen LogP contribution in [0.3, 0.4) is 0 Å². The highest BCUT2D eigenvalue weighted by Crippen LogP contribution is 2.37. The summed E-state index contributed by atoms with van der Waals surface area (Å²) in [6, 6.07) is 18.2. The smallest absolute Gasteiger partial charge is 0.497 e. The first-order chi connectivity index (χ1) is 23.0. The Bertz CT molecular complexity index is 1770. The molecule has 1 aromatic heterocycles. The summed E-state index contributed by atoms with van der Waals surface area (Å²) in [6.07, 6.45) is -0.614. The van der Waals surface area contributed by atoms with E-state index < -0.39 is 12.4 Å². The number of benzene rings is 3. The summed E-state index contributed by atoms with van der Waals surface area (Å²) >= 11 is 1.22. The van der Waals surface area contributed by atoms with Gasteiger partial charge in [0.25, 0.3) is 5.91 Å². The van der Waals surface area contributed by atoms with Crippen molar-refractivity contribution in [1.82, 2.24) is 30.0 Å². The zero-order chi connectivity index (χ0) is 34.0. The fourth-order valence-corrected chi connectivity index (χ4v) is 6.78. The summed E-state index contributed by atoms with van der Waals surface area (Å²) in [4.78, 5) is 30.6. The van der Waals surface area contributed by atoms with Gasteiger partial charge < -0.3 is 14.8 Å². The maximum Gasteiger partial charge on any atom is 0.573 e. The topological polar surface area (TPSA) is 114 Å². The molecule has 1 aliphatic carbocycles. The molecule has 48 heavy (non-hydrogen) atoms. The first-order valence-corrected chi connectivity index (χ1v) is 16.3. The van der Waals surface area contributed by atoms with Gasteiger partial charge in [0.05, 0.1) is 24.2 Å². The van der Waals surface area contributed by atoms with Crippen molar-refractivity contribution < 1.29 is 32.2 Å². The minimum absolute atomic E-state index is 0.0887. The molecular weight excluding hydrogens is 647 g/mol. The number of hydrogen-bond acceptors (Lipinski definition) is 8. The molecule has 1 aliphatic heterocycles. The number of anilines is 1. The summed E-state index contributed by atoms with van der Waals surface area (Å²) in [6.45, 7) is 4.07. The standard InChI is InChI=1S/C33H34F3N7O4S/c1-20(2)27-17-25(46-3)15-16-29(27)42-30(44)18-48-43(42)40-32(45)38-28-6-4-5-26(28)21-7-9-22(10-8-21)31-37-19-41(39-31)23-11-13-24(14-12-23)47-33(34,35)36/h7-17,19-20,26,28H,4-6,18H2,1-3H3,(H2,38,40,45). The largest absolute Gasteiger partial charge is 0.573 e. The highest BCUT2D eigenvalue weighted by molar-refractivity contribution is 7.98. The van der Waals surface area contributed by atoms with Gasteiger partial charge in [-0.15, -0.1) is 18.3 Å². The van der Waals surface area contributed by atoms with Crippen molar-refractivity contribution in [1.29, 1.82) is 0 Å². The van der Waals surface area contributed by atoms with E-state index in [1.54, 1.807) is 13.2 Å². The molecule has 0 bridgehead atoms. The Kier molecular flexibility index (Phi) is 9.51. The minimum atomic E-state index is -4.76. The molecule has 252 valence electrons. The number of hydrogen-bond donors (Lipinski definition) is 2. The normalized spacial score (nSPS) is 18.4. The van der Waals surface area contributed by atoms with Crippen molar-refractivity contribution in [3.8, 4) is 28.6 Å². The van der Waals surface area contributed by atoms with E-state index in [9.17, 15) is 22.8 Å². The van der Waals surface area contributed by atoms with Crippen molar-refractivity contribution in [2.75, 3.05) is 17.9 Å². The molecule has 2 N–H and O–H groups in total. The number of urea groups is 1. The second-order valence-corrected chi connectivity index (χ2v) is 12.6. The van der Waals surface area contributed by atoms with E-state index in [2.05, 4.69) is 25.6 Å². The molecule has 2 fully saturated rings. The third-order valence-corrected chi connectivity index (χ3v) is 9.14. The number of ether oxygens (including phenoxy) is 2. The van der Waals surface area contributed by atoms with Crippen LogP contribution in [-0.2, 0) is 4.79 Å². The van der Waals surface area contributed by atoms with E-state index in [-0.39, 0.29) is 35.3 Å². The molecule has 0 spiro atoms. The van der Waals surface area contributed by atoms with Crippen LogP contribution in [0, 0.1) is 0 Å². The Morgan fingerprint density at radius 3 is 2.44 bits per heavy atom. The Balaban J connectivity index is 1.09. The number of nitrogens with zero attached hydrogens (tertiary/aromatic N) is 5. The second kappa shape index (κ2) is 13.8. The summed E-state index contributed by atoms with van der Waals surface area (Å²) < 4.78 is 49.7. The van der Waals surface area contributed by atoms with Crippen molar-refractivity contribution in [3.05, 3.63) is 84.2 Å². The Morgan fingerprint density at radius 1 is 1.02 bits per heavy atom. The first kappa shape index (κ1) is 33.2. The highest BCUT2D eigenvalue weighted by atomic mass is 32.2. The lowest BCUT2D eigenvalue weighted by Crippen LogP contribution is -2.53. The molecule has 15 heteroatoms. The maximum atomic E-state index is 13.3. The summed E-state index contributed by atoms with van der Waals surface area (Å²) in [5.74, 6) is 1.09. The summed E-state index contributed by atoms with van der Waals surface area (Å²) in [5.41, 5.74) is 6.83. The van der Waals surface area contributed by atoms with Gasteiger partial charge >= 0.3 is 12.4 Å². The predicted molar refractivity (Wildman–Crippen MR) is 174 cm³/mol. The third-order valence-electron chi connectivity index (χ3n) is 8.27. The lowest BCUT2D eigenvalue weighted by atomic mass is 9.93. The van der Waals surface area contributed by atoms with Crippen molar-refractivity contribution >= 4 is 29.6 Å². The van der Waals surface area contributed by atoms with Gasteiger partial charge in [-0.2, -0.15) is 0 Å².